The lowest BCUT2D eigenvalue weighted by molar-refractivity contribution is -0.385. The Balaban J connectivity index is 1.76. The summed E-state index contributed by atoms with van der Waals surface area (Å²) < 4.78 is 2.02. The highest BCUT2D eigenvalue weighted by Gasteiger charge is 2.07. The van der Waals surface area contributed by atoms with E-state index in [-0.39, 0.29) is 11.4 Å². The summed E-state index contributed by atoms with van der Waals surface area (Å²) in [7, 11) is 0. The van der Waals surface area contributed by atoms with E-state index in [2.05, 4.69) is 44.0 Å². The van der Waals surface area contributed by atoms with Crippen molar-refractivity contribution >= 4 is 90.2 Å². The summed E-state index contributed by atoms with van der Waals surface area (Å²) >= 11 is 10.2. The number of hydrogen-bond acceptors (Lipinski definition) is 6. The van der Waals surface area contributed by atoms with Crippen molar-refractivity contribution in [3.8, 4) is 0 Å². The normalized spacial score (nSPS) is 12.5. The van der Waals surface area contributed by atoms with Gasteiger partial charge >= 0.3 is 0 Å². The number of allylic oxidation sites excluding steroid dienone is 4. The van der Waals surface area contributed by atoms with E-state index in [9.17, 15) is 20.2 Å². The number of nitro benzene ring substituents is 2. The molecule has 0 unspecified atom stereocenters. The maximum Gasteiger partial charge on any atom is 0.269 e. The van der Waals surface area contributed by atoms with Crippen molar-refractivity contribution in [1.29, 1.82) is 0 Å². The van der Waals surface area contributed by atoms with Crippen LogP contribution in [-0.2, 0) is 0 Å². The summed E-state index contributed by atoms with van der Waals surface area (Å²) in [5, 5.41) is 22.0. The van der Waals surface area contributed by atoms with Gasteiger partial charge in [-0.3, -0.25) is 20.2 Å². The second kappa shape index (κ2) is 12.9. The number of rotatable bonds is 9. The highest BCUT2D eigenvalue weighted by molar-refractivity contribution is 9.11. The van der Waals surface area contributed by atoms with Crippen LogP contribution >= 0.6 is 54.5 Å². The van der Waals surface area contributed by atoms with Gasteiger partial charge in [0.15, 0.2) is 0 Å². The Hall–Kier alpha value is -3.44. The number of thiophene rings is 2. The molecule has 2 heterocycles. The van der Waals surface area contributed by atoms with E-state index in [1.807, 2.05) is 48.6 Å². The lowest BCUT2D eigenvalue weighted by Gasteiger charge is -2.06. The van der Waals surface area contributed by atoms with Crippen LogP contribution in [0.5, 0.6) is 0 Å². The quantitative estimate of drug-likeness (QED) is 0.101. The van der Waals surface area contributed by atoms with Gasteiger partial charge in [0.2, 0.25) is 0 Å². The van der Waals surface area contributed by atoms with Gasteiger partial charge in [0.1, 0.15) is 0 Å². The van der Waals surface area contributed by atoms with Crippen LogP contribution in [0.4, 0.5) is 11.4 Å². The van der Waals surface area contributed by atoms with Crippen LogP contribution in [0.3, 0.4) is 0 Å². The van der Waals surface area contributed by atoms with Crippen molar-refractivity contribution in [2.24, 2.45) is 0 Å². The maximum absolute atomic E-state index is 11.0. The highest BCUT2D eigenvalue weighted by atomic mass is 79.9. The standard InChI is InChI=1S/C28H18Br2N2O4S2/c29-27-15-13-25(37-27)17-21(7-1-19-3-9-23(10-4-19)31(33)34)22(18-26-14-16-28(30)38-26)8-2-20-5-11-24(12-6-20)32(35)36/h1-18H/b7-1+,8-2+,21-17-,22-18-. The van der Waals surface area contributed by atoms with Crippen LogP contribution in [0.15, 0.2) is 104 Å². The second-order valence-electron chi connectivity index (χ2n) is 7.85. The fourth-order valence-corrected chi connectivity index (χ4v) is 6.11. The zero-order valence-corrected chi connectivity index (χ0v) is 24.3. The summed E-state index contributed by atoms with van der Waals surface area (Å²) in [6.07, 6.45) is 11.9. The lowest BCUT2D eigenvalue weighted by atomic mass is 10.0. The third-order valence-corrected chi connectivity index (χ3v) is 8.38. The summed E-state index contributed by atoms with van der Waals surface area (Å²) in [5.74, 6) is 0. The monoisotopic (exact) mass is 668 g/mol. The van der Waals surface area contributed by atoms with E-state index in [4.69, 9.17) is 0 Å². The van der Waals surface area contributed by atoms with Crippen molar-refractivity contribution in [2.75, 3.05) is 0 Å². The highest BCUT2D eigenvalue weighted by Crippen LogP contribution is 2.31. The summed E-state index contributed by atoms with van der Waals surface area (Å²) in [6.45, 7) is 0. The van der Waals surface area contributed by atoms with Crippen LogP contribution in [0.25, 0.3) is 24.3 Å². The van der Waals surface area contributed by atoms with Gasteiger partial charge in [0.05, 0.1) is 17.4 Å². The molecule has 4 aromatic rings. The van der Waals surface area contributed by atoms with Crippen LogP contribution < -0.4 is 0 Å². The Morgan fingerprint density at radius 1 is 0.605 bits per heavy atom. The molecular weight excluding hydrogens is 652 g/mol. The molecule has 0 saturated carbocycles. The van der Waals surface area contributed by atoms with E-state index >= 15 is 0 Å². The summed E-state index contributed by atoms with van der Waals surface area (Å²) in [5.41, 5.74) is 3.56. The Bertz CT molecular complexity index is 1460. The third-order valence-electron chi connectivity index (χ3n) is 5.24. The molecule has 190 valence electrons. The van der Waals surface area contributed by atoms with Gasteiger partial charge in [0.25, 0.3) is 11.4 Å². The van der Waals surface area contributed by atoms with Crippen LogP contribution in [0, 0.1) is 20.2 Å². The van der Waals surface area contributed by atoms with E-state index < -0.39 is 9.85 Å². The van der Waals surface area contributed by atoms with Crippen LogP contribution in [-0.4, -0.2) is 9.85 Å². The topological polar surface area (TPSA) is 86.3 Å². The van der Waals surface area contributed by atoms with Crippen LogP contribution in [0.1, 0.15) is 20.9 Å². The molecule has 0 bridgehead atoms. The third kappa shape index (κ3) is 7.78. The molecule has 0 N–H and O–H groups in total. The minimum Gasteiger partial charge on any atom is -0.258 e. The van der Waals surface area contributed by atoms with Crippen molar-refractivity contribution in [2.45, 2.75) is 0 Å². The van der Waals surface area contributed by atoms with Crippen molar-refractivity contribution in [3.63, 3.8) is 0 Å². The second-order valence-corrected chi connectivity index (χ2v) is 12.8. The molecule has 0 aliphatic rings. The minimum absolute atomic E-state index is 0.0382. The van der Waals surface area contributed by atoms with E-state index in [0.29, 0.717) is 0 Å². The van der Waals surface area contributed by atoms with Gasteiger partial charge in [-0.05, 0) is 115 Å². The minimum atomic E-state index is -0.420. The fraction of sp³-hybridized carbons (Fsp3) is 0. The number of benzene rings is 2. The van der Waals surface area contributed by atoms with E-state index in [0.717, 1.165) is 39.6 Å². The largest absolute Gasteiger partial charge is 0.269 e. The predicted octanol–water partition coefficient (Wildman–Crippen LogP) is 10.0. The zero-order valence-electron chi connectivity index (χ0n) is 19.5. The van der Waals surface area contributed by atoms with Gasteiger partial charge < -0.3 is 0 Å². The molecular formula is C28H18Br2N2O4S2. The Morgan fingerprint density at radius 2 is 0.974 bits per heavy atom. The first kappa shape index (κ1) is 27.6. The first-order valence-corrected chi connectivity index (χ1v) is 14.3. The Kier molecular flexibility index (Phi) is 9.35. The molecule has 4 rings (SSSR count). The van der Waals surface area contributed by atoms with Gasteiger partial charge in [-0.15, -0.1) is 22.7 Å². The predicted molar refractivity (Wildman–Crippen MR) is 164 cm³/mol. The molecule has 2 aromatic heterocycles. The SMILES string of the molecule is O=[N+]([O-])c1ccc(/C=C/C(=C/c2ccc(Br)s2)C(=C\c2ccc(Br)s2)/C=C/c2ccc([N+](=O)[O-])cc2)cc1. The number of hydrogen-bond donors (Lipinski definition) is 0. The molecule has 0 amide bonds. The summed E-state index contributed by atoms with van der Waals surface area (Å²) in [4.78, 5) is 23.3. The Labute approximate surface area is 243 Å². The molecule has 0 radical (unpaired) electrons. The van der Waals surface area contributed by atoms with Gasteiger partial charge in [-0.25, -0.2) is 0 Å². The molecule has 10 heteroatoms. The van der Waals surface area contributed by atoms with Crippen molar-refractivity contribution in [3.05, 3.63) is 145 Å². The maximum atomic E-state index is 11.0. The molecule has 6 nitrogen and oxygen atoms in total. The fourth-order valence-electron chi connectivity index (χ4n) is 3.36. The summed E-state index contributed by atoms with van der Waals surface area (Å²) in [6, 6.07) is 20.8. The van der Waals surface area contributed by atoms with E-state index in [1.165, 1.54) is 24.3 Å². The molecule has 0 aliphatic carbocycles. The molecule has 2 aromatic carbocycles. The first-order valence-electron chi connectivity index (χ1n) is 11.1. The van der Waals surface area contributed by atoms with Crippen LogP contribution in [0.2, 0.25) is 0 Å². The number of nitro groups is 2. The number of non-ortho nitro benzene ring substituents is 2. The van der Waals surface area contributed by atoms with Gasteiger partial charge in [0, 0.05) is 34.0 Å². The first-order chi connectivity index (χ1) is 18.3. The average Bonchev–Trinajstić information content (AvgIpc) is 3.51. The van der Waals surface area contributed by atoms with Crippen molar-refractivity contribution < 1.29 is 9.85 Å². The van der Waals surface area contributed by atoms with Gasteiger partial charge in [-0.2, -0.15) is 0 Å². The molecule has 38 heavy (non-hydrogen) atoms. The lowest BCUT2D eigenvalue weighted by Crippen LogP contribution is -1.88. The number of nitrogens with zero attached hydrogens (tertiary/aromatic N) is 2. The molecule has 0 fully saturated rings. The average molecular weight is 670 g/mol. The Morgan fingerprint density at radius 3 is 1.26 bits per heavy atom. The molecule has 0 aliphatic heterocycles. The smallest absolute Gasteiger partial charge is 0.258 e. The van der Waals surface area contributed by atoms with Gasteiger partial charge in [-0.1, -0.05) is 24.3 Å². The zero-order chi connectivity index (χ0) is 27.1. The molecule has 0 atom stereocenters. The molecule has 0 spiro atoms. The van der Waals surface area contributed by atoms with E-state index in [1.54, 1.807) is 46.9 Å². The number of halogens is 2. The molecule has 0 saturated heterocycles. The van der Waals surface area contributed by atoms with Crippen molar-refractivity contribution in [1.82, 2.24) is 0 Å².